The van der Waals surface area contributed by atoms with Gasteiger partial charge in [0.05, 0.1) is 5.75 Å². The quantitative estimate of drug-likeness (QED) is 0.599. The van der Waals surface area contributed by atoms with Crippen LogP contribution in [0.4, 0.5) is 0 Å². The Hall–Kier alpha value is -0.130. The Balaban J connectivity index is 2.19. The molecule has 0 saturated heterocycles. The molecule has 0 aromatic carbocycles. The minimum atomic E-state index is -3.08. The SMILES string of the molecule is CCCC1(CNS(=O)(=O)CCCNC(C)C)CC1. The molecule has 0 unspecified atom stereocenters. The highest BCUT2D eigenvalue weighted by Crippen LogP contribution is 2.48. The lowest BCUT2D eigenvalue weighted by molar-refractivity contribution is 0.449. The van der Waals surface area contributed by atoms with Crippen molar-refractivity contribution in [3.63, 3.8) is 0 Å². The number of nitrogens with one attached hydrogen (secondary N) is 2. The van der Waals surface area contributed by atoms with Gasteiger partial charge < -0.3 is 5.32 Å². The monoisotopic (exact) mass is 276 g/mol. The van der Waals surface area contributed by atoms with E-state index >= 15 is 0 Å². The standard InChI is InChI=1S/C13H28N2O2S/c1-4-6-13(7-8-13)11-15-18(16,17)10-5-9-14-12(2)3/h12,14-15H,4-11H2,1-3H3. The fourth-order valence-electron chi connectivity index (χ4n) is 2.21. The van der Waals surface area contributed by atoms with Gasteiger partial charge in [-0.3, -0.25) is 0 Å². The molecule has 0 amide bonds. The van der Waals surface area contributed by atoms with Crippen molar-refractivity contribution in [3.8, 4) is 0 Å². The van der Waals surface area contributed by atoms with Crippen LogP contribution in [0.5, 0.6) is 0 Å². The molecule has 0 bridgehead atoms. The van der Waals surface area contributed by atoms with Gasteiger partial charge in [0.25, 0.3) is 0 Å². The highest BCUT2D eigenvalue weighted by Gasteiger charge is 2.41. The molecule has 1 aliphatic carbocycles. The van der Waals surface area contributed by atoms with Gasteiger partial charge in [-0.2, -0.15) is 0 Å². The van der Waals surface area contributed by atoms with Gasteiger partial charge in [0, 0.05) is 12.6 Å². The summed E-state index contributed by atoms with van der Waals surface area (Å²) in [6.07, 6.45) is 5.31. The lowest BCUT2D eigenvalue weighted by Crippen LogP contribution is -2.33. The summed E-state index contributed by atoms with van der Waals surface area (Å²) in [4.78, 5) is 0. The molecule has 0 radical (unpaired) electrons. The first kappa shape index (κ1) is 15.9. The van der Waals surface area contributed by atoms with Crippen LogP contribution in [-0.4, -0.2) is 33.3 Å². The second-order valence-corrected chi connectivity index (χ2v) is 7.78. The Morgan fingerprint density at radius 3 is 2.44 bits per heavy atom. The van der Waals surface area contributed by atoms with E-state index in [9.17, 15) is 8.42 Å². The molecule has 1 aliphatic rings. The van der Waals surface area contributed by atoms with Crippen LogP contribution in [0.2, 0.25) is 0 Å². The van der Waals surface area contributed by atoms with E-state index in [1.165, 1.54) is 12.8 Å². The number of hydrogen-bond acceptors (Lipinski definition) is 3. The number of hydrogen-bond donors (Lipinski definition) is 2. The Bertz CT molecular complexity index is 335. The van der Waals surface area contributed by atoms with Crippen molar-refractivity contribution in [2.75, 3.05) is 18.8 Å². The molecule has 4 nitrogen and oxygen atoms in total. The molecule has 18 heavy (non-hydrogen) atoms. The van der Waals surface area contributed by atoms with E-state index in [1.54, 1.807) is 0 Å². The van der Waals surface area contributed by atoms with Gasteiger partial charge in [-0.05, 0) is 37.6 Å². The summed E-state index contributed by atoms with van der Waals surface area (Å²) >= 11 is 0. The second kappa shape index (κ2) is 6.87. The third kappa shape index (κ3) is 6.16. The maximum absolute atomic E-state index is 11.8. The van der Waals surface area contributed by atoms with Crippen molar-refractivity contribution in [3.05, 3.63) is 0 Å². The highest BCUT2D eigenvalue weighted by molar-refractivity contribution is 7.89. The third-order valence-corrected chi connectivity index (χ3v) is 4.96. The second-order valence-electron chi connectivity index (χ2n) is 5.85. The van der Waals surface area contributed by atoms with Crippen molar-refractivity contribution in [1.82, 2.24) is 10.0 Å². The lowest BCUT2D eigenvalue weighted by Gasteiger charge is -2.15. The fraction of sp³-hybridized carbons (Fsp3) is 1.00. The zero-order chi connectivity index (χ0) is 13.6. The smallest absolute Gasteiger partial charge is 0.211 e. The van der Waals surface area contributed by atoms with Gasteiger partial charge in [0.1, 0.15) is 0 Å². The Kier molecular flexibility index (Phi) is 6.08. The topological polar surface area (TPSA) is 58.2 Å². The Morgan fingerprint density at radius 1 is 1.28 bits per heavy atom. The molecule has 0 aromatic rings. The largest absolute Gasteiger partial charge is 0.314 e. The lowest BCUT2D eigenvalue weighted by atomic mass is 10.0. The molecule has 0 aliphatic heterocycles. The molecule has 1 saturated carbocycles. The summed E-state index contributed by atoms with van der Waals surface area (Å²) in [6, 6.07) is 0.417. The average molecular weight is 276 g/mol. The average Bonchev–Trinajstić information content (AvgIpc) is 3.03. The number of sulfonamides is 1. The van der Waals surface area contributed by atoms with Crippen LogP contribution in [0.15, 0.2) is 0 Å². The van der Waals surface area contributed by atoms with Crippen molar-refractivity contribution >= 4 is 10.0 Å². The third-order valence-electron chi connectivity index (χ3n) is 3.55. The summed E-state index contributed by atoms with van der Waals surface area (Å²) < 4.78 is 26.4. The molecule has 0 spiro atoms. The minimum absolute atomic E-state index is 0.231. The molecule has 0 atom stereocenters. The normalized spacial score (nSPS) is 18.2. The van der Waals surface area contributed by atoms with E-state index in [2.05, 4.69) is 30.8 Å². The van der Waals surface area contributed by atoms with Gasteiger partial charge in [0.2, 0.25) is 10.0 Å². The zero-order valence-electron chi connectivity index (χ0n) is 12.0. The maximum atomic E-state index is 11.8. The highest BCUT2D eigenvalue weighted by atomic mass is 32.2. The predicted molar refractivity (Wildman–Crippen MR) is 76.1 cm³/mol. The first-order valence-electron chi connectivity index (χ1n) is 7.10. The summed E-state index contributed by atoms with van der Waals surface area (Å²) in [6.45, 7) is 7.69. The fourth-order valence-corrected chi connectivity index (χ4v) is 3.41. The van der Waals surface area contributed by atoms with E-state index in [0.29, 0.717) is 19.0 Å². The van der Waals surface area contributed by atoms with Gasteiger partial charge >= 0.3 is 0 Å². The zero-order valence-corrected chi connectivity index (χ0v) is 12.8. The van der Waals surface area contributed by atoms with Crippen molar-refractivity contribution in [1.29, 1.82) is 0 Å². The Morgan fingerprint density at radius 2 is 1.94 bits per heavy atom. The minimum Gasteiger partial charge on any atom is -0.314 e. The van der Waals surface area contributed by atoms with Gasteiger partial charge in [-0.1, -0.05) is 27.2 Å². The van der Waals surface area contributed by atoms with E-state index in [-0.39, 0.29) is 11.2 Å². The van der Waals surface area contributed by atoms with Crippen molar-refractivity contribution < 1.29 is 8.42 Å². The van der Waals surface area contributed by atoms with Gasteiger partial charge in [-0.25, -0.2) is 13.1 Å². The van der Waals surface area contributed by atoms with Crippen molar-refractivity contribution in [2.45, 2.75) is 58.9 Å². The Labute approximate surface area is 112 Å². The molecule has 1 rings (SSSR count). The van der Waals surface area contributed by atoms with Crippen LogP contribution < -0.4 is 10.0 Å². The van der Waals surface area contributed by atoms with Crippen molar-refractivity contribution in [2.24, 2.45) is 5.41 Å². The summed E-state index contributed by atoms with van der Waals surface area (Å²) in [5.74, 6) is 0.231. The molecular formula is C13H28N2O2S. The molecule has 108 valence electrons. The van der Waals surface area contributed by atoms with E-state index in [4.69, 9.17) is 0 Å². The summed E-state index contributed by atoms with van der Waals surface area (Å²) in [5.41, 5.74) is 0.290. The first-order chi connectivity index (χ1) is 8.39. The van der Waals surface area contributed by atoms with E-state index < -0.39 is 10.0 Å². The van der Waals surface area contributed by atoms with Crippen LogP contribution in [0, 0.1) is 5.41 Å². The van der Waals surface area contributed by atoms with E-state index in [1.807, 2.05) is 0 Å². The van der Waals surface area contributed by atoms with Gasteiger partial charge in [-0.15, -0.1) is 0 Å². The molecule has 2 N–H and O–H groups in total. The van der Waals surface area contributed by atoms with E-state index in [0.717, 1.165) is 19.4 Å². The van der Waals surface area contributed by atoms with Crippen LogP contribution in [0.25, 0.3) is 0 Å². The van der Waals surface area contributed by atoms with Crippen LogP contribution in [0.1, 0.15) is 52.9 Å². The predicted octanol–water partition coefficient (Wildman–Crippen LogP) is 1.87. The van der Waals surface area contributed by atoms with Crippen LogP contribution >= 0.6 is 0 Å². The van der Waals surface area contributed by atoms with Crippen LogP contribution in [-0.2, 0) is 10.0 Å². The summed E-state index contributed by atoms with van der Waals surface area (Å²) in [5, 5.41) is 3.23. The summed E-state index contributed by atoms with van der Waals surface area (Å²) in [7, 11) is -3.08. The van der Waals surface area contributed by atoms with Crippen LogP contribution in [0.3, 0.4) is 0 Å². The molecule has 1 fully saturated rings. The molecular weight excluding hydrogens is 248 g/mol. The molecule has 0 heterocycles. The maximum Gasteiger partial charge on any atom is 0.211 e. The molecule has 0 aromatic heterocycles. The first-order valence-corrected chi connectivity index (χ1v) is 8.75. The molecule has 5 heteroatoms. The van der Waals surface area contributed by atoms with Gasteiger partial charge in [0.15, 0.2) is 0 Å². The number of rotatable bonds is 10.